The number of methoxy groups -OCH3 is 3. The van der Waals surface area contributed by atoms with Gasteiger partial charge in [-0.1, -0.05) is 54.6 Å². The molecule has 21 nitrogen and oxygen atoms in total. The number of aromatic nitrogens is 6. The molecule has 1 unspecified atom stereocenters. The highest BCUT2D eigenvalue weighted by Crippen LogP contribution is 2.43. The maximum Gasteiger partial charge on any atom is 0.404 e. The van der Waals surface area contributed by atoms with Crippen molar-refractivity contribution in [3.63, 3.8) is 0 Å². The van der Waals surface area contributed by atoms with E-state index in [2.05, 4.69) is 25.4 Å². The number of hydrogen-bond acceptors (Lipinski definition) is 14. The van der Waals surface area contributed by atoms with Gasteiger partial charge in [0.1, 0.15) is 22.1 Å². The second-order valence-electron chi connectivity index (χ2n) is 14.7. The van der Waals surface area contributed by atoms with E-state index in [9.17, 15) is 28.2 Å². The third-order valence-corrected chi connectivity index (χ3v) is 14.2. The zero-order valence-corrected chi connectivity index (χ0v) is 37.2. The standard InChI is InChI=1S/C43H44N10O11S2/c1-62-30-13-7-26(8-14-30)22-52(23-27-9-15-31(63-2)16-10-27)66(60,61)39-36(65(58,59)25-29(46-43(56)57)21-45-42(54)55)20-19-33(34-5-4-6-35-38(34)48-41(44)47-35)37(39)40-49-51-53(50-40)24-28-11-17-32(64-3)18-12-28/h4-20,29,45-46H,21-25H2,1-3H3,(H,54,55)(H,56,57)(H3,44,47,48). The highest BCUT2D eigenvalue weighted by atomic mass is 32.2. The van der Waals surface area contributed by atoms with Gasteiger partial charge < -0.3 is 45.8 Å². The SMILES string of the molecule is COc1ccc(CN(Cc2ccc(OC)cc2)S(=O)(=O)c2c(S(=O)(=O)CC(CNC(=O)O)NC(=O)O)ccc(-c3cccc4[nH]c(N)nc34)c2-c2nnn(Cc3ccc(OC)cc3)n2)cc1. The minimum absolute atomic E-state index is 0.0479. The van der Waals surface area contributed by atoms with Gasteiger partial charge >= 0.3 is 12.2 Å². The fourth-order valence-electron chi connectivity index (χ4n) is 7.20. The highest BCUT2D eigenvalue weighted by Gasteiger charge is 2.39. The van der Waals surface area contributed by atoms with E-state index >= 15 is 8.42 Å². The van der Waals surface area contributed by atoms with Crippen molar-refractivity contribution in [3.05, 3.63) is 120 Å². The first-order valence-corrected chi connectivity index (χ1v) is 23.0. The van der Waals surface area contributed by atoms with Gasteiger partial charge in [0.2, 0.25) is 15.8 Å². The van der Waals surface area contributed by atoms with Crippen LogP contribution in [0.4, 0.5) is 15.5 Å². The smallest absolute Gasteiger partial charge is 0.404 e. The van der Waals surface area contributed by atoms with Gasteiger partial charge in [-0.25, -0.2) is 31.4 Å². The largest absolute Gasteiger partial charge is 0.497 e. The third kappa shape index (κ3) is 10.4. The van der Waals surface area contributed by atoms with E-state index in [1.165, 1.54) is 32.2 Å². The van der Waals surface area contributed by atoms with Crippen molar-refractivity contribution in [2.24, 2.45) is 0 Å². The van der Waals surface area contributed by atoms with Crippen LogP contribution < -0.4 is 30.6 Å². The van der Waals surface area contributed by atoms with Crippen LogP contribution in [-0.4, -0.2) is 113 Å². The minimum atomic E-state index is -5.08. The van der Waals surface area contributed by atoms with Crippen LogP contribution >= 0.6 is 0 Å². The molecule has 0 fully saturated rings. The second-order valence-corrected chi connectivity index (χ2v) is 18.6. The van der Waals surface area contributed by atoms with Gasteiger partial charge in [0, 0.05) is 25.2 Å². The van der Waals surface area contributed by atoms with Crippen LogP contribution in [0.2, 0.25) is 0 Å². The molecule has 0 saturated carbocycles. The summed E-state index contributed by atoms with van der Waals surface area (Å²) in [6, 6.07) is 26.2. The monoisotopic (exact) mass is 940 g/mol. The molecule has 344 valence electrons. The Morgan fingerprint density at radius 2 is 1.35 bits per heavy atom. The van der Waals surface area contributed by atoms with Crippen LogP contribution in [0.3, 0.4) is 0 Å². The van der Waals surface area contributed by atoms with Crippen molar-refractivity contribution in [3.8, 4) is 39.8 Å². The van der Waals surface area contributed by atoms with Crippen LogP contribution in [0.25, 0.3) is 33.5 Å². The topological polar surface area (TPSA) is 296 Å². The minimum Gasteiger partial charge on any atom is -0.497 e. The van der Waals surface area contributed by atoms with E-state index in [0.717, 1.165) is 15.9 Å². The van der Waals surface area contributed by atoms with Crippen LogP contribution in [0, 0.1) is 0 Å². The van der Waals surface area contributed by atoms with Crippen LogP contribution in [0.15, 0.2) is 113 Å². The van der Waals surface area contributed by atoms with Crippen molar-refractivity contribution in [1.29, 1.82) is 0 Å². The molecule has 7 N–H and O–H groups in total. The van der Waals surface area contributed by atoms with E-state index in [-0.39, 0.29) is 42.5 Å². The Labute approximate surface area is 378 Å². The lowest BCUT2D eigenvalue weighted by molar-refractivity contribution is 0.184. The molecule has 7 rings (SSSR count). The molecule has 0 aliphatic carbocycles. The summed E-state index contributed by atoms with van der Waals surface area (Å²) in [6.07, 6.45) is -3.20. The Morgan fingerprint density at radius 1 is 0.773 bits per heavy atom. The van der Waals surface area contributed by atoms with Crippen LogP contribution in [0.5, 0.6) is 17.2 Å². The van der Waals surface area contributed by atoms with Gasteiger partial charge in [-0.2, -0.15) is 9.10 Å². The second kappa shape index (κ2) is 19.5. The quantitative estimate of drug-likeness (QED) is 0.0645. The number of tetrazole rings is 1. The number of sulfonamides is 1. The molecule has 2 heterocycles. The number of ether oxygens (including phenoxy) is 3. The summed E-state index contributed by atoms with van der Waals surface area (Å²) in [5, 5.41) is 36.3. The lowest BCUT2D eigenvalue weighted by Gasteiger charge is -2.27. The summed E-state index contributed by atoms with van der Waals surface area (Å²) >= 11 is 0. The summed E-state index contributed by atoms with van der Waals surface area (Å²) in [7, 11) is -5.50. The number of carboxylic acid groups (broad SMARTS) is 2. The summed E-state index contributed by atoms with van der Waals surface area (Å²) in [4.78, 5) is 30.5. The average Bonchev–Trinajstić information content (AvgIpc) is 3.93. The number of amides is 2. The number of rotatable bonds is 19. The molecule has 0 spiro atoms. The first-order chi connectivity index (χ1) is 31.6. The number of nitrogens with two attached hydrogens (primary N) is 1. The van der Waals surface area contributed by atoms with Gasteiger partial charge in [0.15, 0.2) is 15.8 Å². The predicted octanol–water partition coefficient (Wildman–Crippen LogP) is 4.61. The van der Waals surface area contributed by atoms with Gasteiger partial charge in [0.25, 0.3) is 0 Å². The van der Waals surface area contributed by atoms with Crippen LogP contribution in [0.1, 0.15) is 16.7 Å². The highest BCUT2D eigenvalue weighted by molar-refractivity contribution is 7.93. The predicted molar refractivity (Wildman–Crippen MR) is 240 cm³/mol. The molecule has 7 aromatic rings. The first kappa shape index (κ1) is 46.2. The Morgan fingerprint density at radius 3 is 1.89 bits per heavy atom. The number of nitrogen functional groups attached to an aromatic ring is 1. The summed E-state index contributed by atoms with van der Waals surface area (Å²) in [5.41, 5.74) is 8.76. The molecule has 0 aliphatic heterocycles. The number of anilines is 1. The lowest BCUT2D eigenvalue weighted by Crippen LogP contribution is -2.47. The summed E-state index contributed by atoms with van der Waals surface area (Å²) < 4.78 is 78.9. The normalized spacial score (nSPS) is 12.2. The molecule has 1 atom stereocenters. The number of para-hydroxylation sites is 1. The van der Waals surface area contributed by atoms with Crippen molar-refractivity contribution < 1.29 is 50.8 Å². The maximum atomic E-state index is 16.0. The molecule has 5 aromatic carbocycles. The number of hydrogen-bond donors (Lipinski definition) is 6. The zero-order valence-electron chi connectivity index (χ0n) is 35.6. The van der Waals surface area contributed by atoms with Crippen molar-refractivity contribution in [1.82, 2.24) is 45.1 Å². The number of benzene rings is 5. The molecule has 0 aliphatic rings. The molecule has 66 heavy (non-hydrogen) atoms. The van der Waals surface area contributed by atoms with Gasteiger partial charge in [0.05, 0.1) is 61.2 Å². The zero-order chi connectivity index (χ0) is 47.2. The van der Waals surface area contributed by atoms with Gasteiger partial charge in [-0.3, -0.25) is 0 Å². The molecule has 2 aromatic heterocycles. The summed E-state index contributed by atoms with van der Waals surface area (Å²) in [5.74, 6) is 0.283. The van der Waals surface area contributed by atoms with Crippen molar-refractivity contribution in [2.75, 3.05) is 39.4 Å². The van der Waals surface area contributed by atoms with E-state index in [4.69, 9.17) is 19.9 Å². The van der Waals surface area contributed by atoms with E-state index < -0.39 is 60.2 Å². The van der Waals surface area contributed by atoms with E-state index in [1.54, 1.807) is 91.0 Å². The molecule has 2 amide bonds. The first-order valence-electron chi connectivity index (χ1n) is 19.9. The molecule has 0 radical (unpaired) electrons. The van der Waals surface area contributed by atoms with Crippen LogP contribution in [-0.2, 0) is 39.5 Å². The molecule has 0 bridgehead atoms. The maximum absolute atomic E-state index is 16.0. The summed E-state index contributed by atoms with van der Waals surface area (Å²) in [6.45, 7) is -1.22. The Hall–Kier alpha value is -7.76. The number of H-pyrrole nitrogens is 1. The number of nitrogens with zero attached hydrogens (tertiary/aromatic N) is 6. The fourth-order valence-corrected chi connectivity index (χ4v) is 11.1. The number of imidazole rings is 1. The number of carbonyl (C=O) groups is 2. The average molecular weight is 941 g/mol. The number of nitrogens with one attached hydrogen (secondary N) is 3. The molecule has 0 saturated heterocycles. The van der Waals surface area contributed by atoms with Gasteiger partial charge in [-0.15, -0.1) is 10.2 Å². The van der Waals surface area contributed by atoms with Crippen molar-refractivity contribution >= 4 is 49.0 Å². The number of aromatic amines is 1. The van der Waals surface area contributed by atoms with E-state index in [1.807, 2.05) is 10.6 Å². The molecule has 23 heteroatoms. The number of fused-ring (bicyclic) bond motifs is 1. The fraction of sp³-hybridized carbons (Fsp3) is 0.209. The van der Waals surface area contributed by atoms with E-state index in [0.29, 0.717) is 45.0 Å². The van der Waals surface area contributed by atoms with Gasteiger partial charge in [-0.05, 0) is 76.0 Å². The third-order valence-electron chi connectivity index (χ3n) is 10.3. The Kier molecular flexibility index (Phi) is 13.7. The molecular weight excluding hydrogens is 897 g/mol. The Bertz CT molecular complexity index is 3040. The Balaban J connectivity index is 1.52. The lowest BCUT2D eigenvalue weighted by atomic mass is 9.98. The van der Waals surface area contributed by atoms with Crippen molar-refractivity contribution in [2.45, 2.75) is 35.5 Å². The number of sulfone groups is 1. The molecular formula is C43H44N10O11S2.